The van der Waals surface area contributed by atoms with Crippen LogP contribution in [0.3, 0.4) is 0 Å². The molecule has 1 aromatic carbocycles. The van der Waals surface area contributed by atoms with E-state index in [1.54, 1.807) is 4.90 Å². The number of carbonyl (C=O) groups excluding carboxylic acids is 2. The second-order valence-corrected chi connectivity index (χ2v) is 11.1. The molecule has 170 valence electrons. The normalized spacial score (nSPS) is 26.4. The molecule has 3 aliphatic heterocycles. The van der Waals surface area contributed by atoms with Crippen molar-refractivity contribution < 1.29 is 26.8 Å². The highest BCUT2D eigenvalue weighted by molar-refractivity contribution is 7.92. The summed E-state index contributed by atoms with van der Waals surface area (Å²) in [5.41, 5.74) is 0.202. The molecule has 0 spiro atoms. The Morgan fingerprint density at radius 3 is 2.32 bits per heavy atom. The molecule has 4 rings (SSSR count). The Morgan fingerprint density at radius 2 is 1.77 bits per heavy atom. The van der Waals surface area contributed by atoms with Gasteiger partial charge in [-0.15, -0.1) is 0 Å². The van der Waals surface area contributed by atoms with E-state index in [2.05, 4.69) is 10.6 Å². The van der Waals surface area contributed by atoms with Crippen LogP contribution in [-0.2, 0) is 19.4 Å². The summed E-state index contributed by atoms with van der Waals surface area (Å²) in [6.45, 7) is 2.60. The average molecular weight is 456 g/mol. The second kappa shape index (κ2) is 8.37. The molecule has 3 aliphatic rings. The summed E-state index contributed by atoms with van der Waals surface area (Å²) in [5.74, 6) is -1.69. The smallest absolute Gasteiger partial charge is 0.227 e. The fraction of sp³-hybridized carbons (Fsp3) is 0.619. The number of anilines is 1. The van der Waals surface area contributed by atoms with Crippen LogP contribution < -0.4 is 15.5 Å². The molecular formula is C21H27F2N3O4S. The van der Waals surface area contributed by atoms with Crippen molar-refractivity contribution in [1.29, 1.82) is 0 Å². The highest BCUT2D eigenvalue weighted by Gasteiger charge is 2.40. The Labute approximate surface area is 180 Å². The highest BCUT2D eigenvalue weighted by Crippen LogP contribution is 2.37. The summed E-state index contributed by atoms with van der Waals surface area (Å²) < 4.78 is 52.6. The van der Waals surface area contributed by atoms with E-state index in [1.807, 2.05) is 0 Å². The maximum absolute atomic E-state index is 14.9. The first-order chi connectivity index (χ1) is 14.6. The lowest BCUT2D eigenvalue weighted by Gasteiger charge is -2.40. The first-order valence-electron chi connectivity index (χ1n) is 10.6. The molecule has 3 fully saturated rings. The van der Waals surface area contributed by atoms with Crippen LogP contribution in [0.25, 0.3) is 0 Å². The number of rotatable bonds is 5. The Bertz CT molecular complexity index is 957. The van der Waals surface area contributed by atoms with Gasteiger partial charge >= 0.3 is 0 Å². The number of nitrogens with one attached hydrogen (secondary N) is 2. The molecule has 0 aromatic heterocycles. The van der Waals surface area contributed by atoms with Gasteiger partial charge in [-0.3, -0.25) is 9.59 Å². The SMILES string of the molecule is CC(=O)NCC1C[C@@H](c2cc(F)c(N3CCC(C4CS(=O)(=O)C4)CC3)c(F)c2)C(=O)N1. The molecule has 2 amide bonds. The molecule has 0 bridgehead atoms. The summed E-state index contributed by atoms with van der Waals surface area (Å²) in [6, 6.07) is 2.18. The van der Waals surface area contributed by atoms with Gasteiger partial charge in [-0.2, -0.15) is 0 Å². The number of amides is 2. The second-order valence-electron chi connectivity index (χ2n) is 8.93. The van der Waals surface area contributed by atoms with Crippen molar-refractivity contribution in [2.45, 2.75) is 38.1 Å². The minimum Gasteiger partial charge on any atom is -0.367 e. The molecule has 1 unspecified atom stereocenters. The van der Waals surface area contributed by atoms with Crippen molar-refractivity contribution in [2.75, 3.05) is 36.0 Å². The third kappa shape index (κ3) is 4.68. The Morgan fingerprint density at radius 1 is 1.16 bits per heavy atom. The highest BCUT2D eigenvalue weighted by atomic mass is 32.2. The summed E-state index contributed by atoms with van der Waals surface area (Å²) in [6.07, 6.45) is 1.76. The molecule has 3 saturated heterocycles. The molecular weight excluding hydrogens is 428 g/mol. The minimum atomic E-state index is -2.88. The Hall–Kier alpha value is -2.23. The number of sulfone groups is 1. The zero-order valence-electron chi connectivity index (χ0n) is 17.4. The van der Waals surface area contributed by atoms with Crippen LogP contribution in [0.15, 0.2) is 12.1 Å². The van der Waals surface area contributed by atoms with E-state index in [0.717, 1.165) is 0 Å². The number of nitrogens with zero attached hydrogens (tertiary/aromatic N) is 1. The first-order valence-corrected chi connectivity index (χ1v) is 12.4. The fourth-order valence-electron chi connectivity index (χ4n) is 5.00. The standard InChI is InChI=1S/C21H27F2N3O4S/c1-12(27)24-9-16-8-17(21(28)25-16)14-6-18(22)20(19(23)7-14)26-4-2-13(3-5-26)15-10-31(29,30)11-15/h6-7,13,15-17H,2-5,8-11H2,1H3,(H,24,27)(H,25,28)/t16?,17-/m0/s1. The van der Waals surface area contributed by atoms with E-state index in [4.69, 9.17) is 0 Å². The van der Waals surface area contributed by atoms with Crippen LogP contribution in [0, 0.1) is 23.5 Å². The average Bonchev–Trinajstić information content (AvgIpc) is 3.05. The Kier molecular flexibility index (Phi) is 5.93. The first kappa shape index (κ1) is 22.0. The van der Waals surface area contributed by atoms with Crippen LogP contribution in [-0.4, -0.2) is 57.4 Å². The third-order valence-electron chi connectivity index (χ3n) is 6.68. The maximum atomic E-state index is 14.9. The van der Waals surface area contributed by atoms with E-state index in [9.17, 15) is 26.8 Å². The molecule has 0 radical (unpaired) electrons. The van der Waals surface area contributed by atoms with Gasteiger partial charge in [0.2, 0.25) is 11.8 Å². The molecule has 0 saturated carbocycles. The van der Waals surface area contributed by atoms with Gasteiger partial charge in [0.05, 0.1) is 17.4 Å². The number of hydrogen-bond donors (Lipinski definition) is 2. The van der Waals surface area contributed by atoms with Gasteiger partial charge < -0.3 is 15.5 Å². The Balaban J connectivity index is 1.41. The molecule has 3 heterocycles. The molecule has 1 aromatic rings. The number of hydrogen-bond acceptors (Lipinski definition) is 5. The number of benzene rings is 1. The van der Waals surface area contributed by atoms with Crippen molar-refractivity contribution in [2.24, 2.45) is 11.8 Å². The van der Waals surface area contributed by atoms with E-state index < -0.39 is 27.4 Å². The quantitative estimate of drug-likeness (QED) is 0.699. The fourth-order valence-corrected chi connectivity index (χ4v) is 6.75. The monoisotopic (exact) mass is 455 g/mol. The van der Waals surface area contributed by atoms with E-state index in [-0.39, 0.29) is 59.0 Å². The van der Waals surface area contributed by atoms with Crippen molar-refractivity contribution in [3.63, 3.8) is 0 Å². The molecule has 0 aliphatic carbocycles. The van der Waals surface area contributed by atoms with Crippen LogP contribution in [0.4, 0.5) is 14.5 Å². The van der Waals surface area contributed by atoms with Crippen LogP contribution in [0.1, 0.15) is 37.7 Å². The van der Waals surface area contributed by atoms with Crippen LogP contribution in [0.5, 0.6) is 0 Å². The summed E-state index contributed by atoms with van der Waals surface area (Å²) in [7, 11) is -2.88. The van der Waals surface area contributed by atoms with Gasteiger partial charge in [-0.1, -0.05) is 0 Å². The lowest BCUT2D eigenvalue weighted by atomic mass is 9.85. The predicted molar refractivity (Wildman–Crippen MR) is 111 cm³/mol. The number of carbonyl (C=O) groups is 2. The predicted octanol–water partition coefficient (Wildman–Crippen LogP) is 1.33. The third-order valence-corrected chi connectivity index (χ3v) is 8.55. The maximum Gasteiger partial charge on any atom is 0.227 e. The van der Waals surface area contributed by atoms with Gasteiger partial charge in [-0.25, -0.2) is 17.2 Å². The zero-order chi connectivity index (χ0) is 22.3. The zero-order valence-corrected chi connectivity index (χ0v) is 18.2. The lowest BCUT2D eigenvalue weighted by molar-refractivity contribution is -0.121. The van der Waals surface area contributed by atoms with Gasteiger partial charge in [0.25, 0.3) is 0 Å². The number of piperidine rings is 1. The minimum absolute atomic E-state index is 0.0865. The van der Waals surface area contributed by atoms with Crippen molar-refractivity contribution >= 4 is 27.3 Å². The lowest BCUT2D eigenvalue weighted by Crippen LogP contribution is -2.46. The van der Waals surface area contributed by atoms with E-state index in [1.165, 1.54) is 19.1 Å². The van der Waals surface area contributed by atoms with Crippen molar-refractivity contribution in [3.8, 4) is 0 Å². The van der Waals surface area contributed by atoms with Gasteiger partial charge in [0.15, 0.2) is 9.84 Å². The number of halogens is 2. The molecule has 10 heteroatoms. The van der Waals surface area contributed by atoms with Gasteiger partial charge in [0, 0.05) is 32.6 Å². The topological polar surface area (TPSA) is 95.6 Å². The van der Waals surface area contributed by atoms with Crippen molar-refractivity contribution in [3.05, 3.63) is 29.3 Å². The van der Waals surface area contributed by atoms with Crippen LogP contribution >= 0.6 is 0 Å². The molecule has 2 N–H and O–H groups in total. The van der Waals surface area contributed by atoms with Crippen LogP contribution in [0.2, 0.25) is 0 Å². The van der Waals surface area contributed by atoms with Gasteiger partial charge in [-0.05, 0) is 48.8 Å². The van der Waals surface area contributed by atoms with E-state index >= 15 is 0 Å². The van der Waals surface area contributed by atoms with Crippen molar-refractivity contribution in [1.82, 2.24) is 10.6 Å². The largest absolute Gasteiger partial charge is 0.367 e. The van der Waals surface area contributed by atoms with E-state index in [0.29, 0.717) is 32.4 Å². The molecule has 31 heavy (non-hydrogen) atoms. The summed E-state index contributed by atoms with van der Waals surface area (Å²) in [4.78, 5) is 25.0. The molecule has 7 nitrogen and oxygen atoms in total. The molecule has 2 atom stereocenters. The van der Waals surface area contributed by atoms with Gasteiger partial charge in [0.1, 0.15) is 17.3 Å². The summed E-state index contributed by atoms with van der Waals surface area (Å²) >= 11 is 0. The summed E-state index contributed by atoms with van der Waals surface area (Å²) in [5, 5.41) is 5.39.